The van der Waals surface area contributed by atoms with Crippen LogP contribution in [0.4, 0.5) is 5.82 Å². The monoisotopic (exact) mass is 376 g/mol. The van der Waals surface area contributed by atoms with Gasteiger partial charge in [0.15, 0.2) is 17.3 Å². The van der Waals surface area contributed by atoms with Crippen molar-refractivity contribution in [3.05, 3.63) is 66.9 Å². The van der Waals surface area contributed by atoms with Gasteiger partial charge in [-0.1, -0.05) is 5.16 Å². The van der Waals surface area contributed by atoms with E-state index in [0.717, 1.165) is 5.56 Å². The van der Waals surface area contributed by atoms with Gasteiger partial charge in [-0.3, -0.25) is 9.78 Å². The molecule has 0 aliphatic rings. The molecule has 0 saturated heterocycles. The zero-order chi connectivity index (χ0) is 19.2. The van der Waals surface area contributed by atoms with Gasteiger partial charge >= 0.3 is 0 Å². The first-order valence-corrected chi connectivity index (χ1v) is 8.52. The van der Waals surface area contributed by atoms with Crippen molar-refractivity contribution in [3.8, 4) is 17.1 Å². The predicted molar refractivity (Wildman–Crippen MR) is 99.7 cm³/mol. The molecule has 140 valence electrons. The Hall–Kier alpha value is -4.08. The highest BCUT2D eigenvalue weighted by Gasteiger charge is 2.13. The van der Waals surface area contributed by atoms with Crippen LogP contribution >= 0.6 is 0 Å². The first-order chi connectivity index (χ1) is 13.8. The van der Waals surface area contributed by atoms with Gasteiger partial charge in [0.05, 0.1) is 0 Å². The smallest absolute Gasteiger partial charge is 0.273 e. The van der Waals surface area contributed by atoms with Gasteiger partial charge in [-0.25, -0.2) is 4.68 Å². The molecular weight excluding hydrogens is 360 g/mol. The first kappa shape index (κ1) is 17.3. The molecule has 4 heterocycles. The van der Waals surface area contributed by atoms with Crippen molar-refractivity contribution in [3.63, 3.8) is 0 Å². The molecule has 0 atom stereocenters. The summed E-state index contributed by atoms with van der Waals surface area (Å²) < 4.78 is 6.82. The van der Waals surface area contributed by atoms with E-state index in [1.54, 1.807) is 53.7 Å². The second-order valence-corrected chi connectivity index (χ2v) is 5.73. The number of nitrogens with one attached hydrogen (secondary N) is 2. The third kappa shape index (κ3) is 4.01. The number of rotatable bonds is 7. The number of carbonyl (C=O) groups is 1. The quantitative estimate of drug-likeness (QED) is 0.466. The number of pyridine rings is 1. The van der Waals surface area contributed by atoms with E-state index in [0.29, 0.717) is 30.5 Å². The van der Waals surface area contributed by atoms with E-state index in [2.05, 4.69) is 36.1 Å². The van der Waals surface area contributed by atoms with E-state index in [4.69, 9.17) is 4.52 Å². The van der Waals surface area contributed by atoms with Crippen molar-refractivity contribution in [2.24, 2.45) is 0 Å². The van der Waals surface area contributed by atoms with Gasteiger partial charge in [-0.05, 0) is 30.3 Å². The average molecular weight is 376 g/mol. The van der Waals surface area contributed by atoms with Crippen LogP contribution < -0.4 is 10.6 Å². The second-order valence-electron chi connectivity index (χ2n) is 5.73. The molecule has 4 aromatic rings. The third-order valence-electron chi connectivity index (χ3n) is 3.80. The van der Waals surface area contributed by atoms with Crippen LogP contribution in [0.5, 0.6) is 0 Å². The standard InChI is InChI=1S/C18H16N8O2/c27-18(14-11-15(28-25-14)13-3-1-6-19-12-13)21-9-8-20-16-4-5-17(24-23-16)26-10-2-7-22-26/h1-7,10-12H,8-9H2,(H,20,23)(H,21,27). The minimum atomic E-state index is -0.319. The van der Waals surface area contributed by atoms with E-state index < -0.39 is 0 Å². The topological polar surface area (TPSA) is 124 Å². The molecule has 4 rings (SSSR count). The summed E-state index contributed by atoms with van der Waals surface area (Å²) in [6, 6.07) is 10.6. The first-order valence-electron chi connectivity index (χ1n) is 8.52. The summed E-state index contributed by atoms with van der Waals surface area (Å²) in [5.74, 6) is 1.40. The lowest BCUT2D eigenvalue weighted by atomic mass is 10.2. The Morgan fingerprint density at radius 2 is 2.07 bits per heavy atom. The summed E-state index contributed by atoms with van der Waals surface area (Å²) in [6.07, 6.45) is 6.77. The highest BCUT2D eigenvalue weighted by molar-refractivity contribution is 5.93. The summed E-state index contributed by atoms with van der Waals surface area (Å²) in [7, 11) is 0. The van der Waals surface area contributed by atoms with Crippen molar-refractivity contribution in [1.82, 2.24) is 35.4 Å². The highest BCUT2D eigenvalue weighted by Crippen LogP contribution is 2.18. The number of hydrogen-bond donors (Lipinski definition) is 2. The summed E-state index contributed by atoms with van der Waals surface area (Å²) in [5.41, 5.74) is 0.968. The fourth-order valence-electron chi connectivity index (χ4n) is 2.43. The summed E-state index contributed by atoms with van der Waals surface area (Å²) in [5, 5.41) is 21.9. The molecule has 2 N–H and O–H groups in total. The Kier molecular flexibility index (Phi) is 5.00. The van der Waals surface area contributed by atoms with Crippen LogP contribution in [0, 0.1) is 0 Å². The molecule has 0 aliphatic carbocycles. The number of amides is 1. The molecule has 0 radical (unpaired) electrons. The van der Waals surface area contributed by atoms with E-state index in [-0.39, 0.29) is 11.6 Å². The number of hydrogen-bond acceptors (Lipinski definition) is 8. The molecule has 0 unspecified atom stereocenters. The molecule has 0 aliphatic heterocycles. The third-order valence-corrected chi connectivity index (χ3v) is 3.80. The van der Waals surface area contributed by atoms with E-state index in [9.17, 15) is 4.79 Å². The van der Waals surface area contributed by atoms with Crippen LogP contribution in [0.3, 0.4) is 0 Å². The van der Waals surface area contributed by atoms with Crippen molar-refractivity contribution < 1.29 is 9.32 Å². The molecule has 10 heteroatoms. The van der Waals surface area contributed by atoms with Gasteiger partial charge in [-0.15, -0.1) is 10.2 Å². The van der Waals surface area contributed by atoms with Crippen molar-refractivity contribution in [2.75, 3.05) is 18.4 Å². The lowest BCUT2D eigenvalue weighted by molar-refractivity contribution is 0.0946. The molecule has 1 amide bonds. The summed E-state index contributed by atoms with van der Waals surface area (Å²) in [4.78, 5) is 16.2. The molecular formula is C18H16N8O2. The number of carbonyl (C=O) groups excluding carboxylic acids is 1. The molecule has 0 bridgehead atoms. The molecule has 0 fully saturated rings. The van der Waals surface area contributed by atoms with E-state index in [1.165, 1.54) is 0 Å². The minimum absolute atomic E-state index is 0.210. The fourth-order valence-corrected chi connectivity index (χ4v) is 2.43. The second kappa shape index (κ2) is 8.08. The van der Waals surface area contributed by atoms with Crippen molar-refractivity contribution >= 4 is 11.7 Å². The molecule has 0 spiro atoms. The zero-order valence-electron chi connectivity index (χ0n) is 14.7. The summed E-state index contributed by atoms with van der Waals surface area (Å²) >= 11 is 0. The number of anilines is 1. The molecule has 28 heavy (non-hydrogen) atoms. The Bertz CT molecular complexity index is 1030. The molecule has 0 saturated carbocycles. The lowest BCUT2D eigenvalue weighted by Crippen LogP contribution is -2.29. The van der Waals surface area contributed by atoms with Crippen LogP contribution in [-0.2, 0) is 0 Å². The van der Waals surface area contributed by atoms with Crippen LogP contribution in [0.15, 0.2) is 65.7 Å². The van der Waals surface area contributed by atoms with Crippen molar-refractivity contribution in [1.29, 1.82) is 0 Å². The molecule has 0 aromatic carbocycles. The SMILES string of the molecule is O=C(NCCNc1ccc(-n2cccn2)nn1)c1cc(-c2cccnc2)on1. The largest absolute Gasteiger partial charge is 0.367 e. The zero-order valence-corrected chi connectivity index (χ0v) is 14.7. The van der Waals surface area contributed by atoms with Crippen LogP contribution in [0.1, 0.15) is 10.5 Å². The average Bonchev–Trinajstić information content (AvgIpc) is 3.45. The molecule has 10 nitrogen and oxygen atoms in total. The van der Waals surface area contributed by atoms with Gasteiger partial charge in [0.2, 0.25) is 0 Å². The van der Waals surface area contributed by atoms with Crippen LogP contribution in [0.25, 0.3) is 17.1 Å². The fraction of sp³-hybridized carbons (Fsp3) is 0.111. The van der Waals surface area contributed by atoms with Gasteiger partial charge in [0.1, 0.15) is 5.82 Å². The Morgan fingerprint density at radius 3 is 2.82 bits per heavy atom. The summed E-state index contributed by atoms with van der Waals surface area (Å²) in [6.45, 7) is 0.866. The maximum Gasteiger partial charge on any atom is 0.273 e. The molecule has 4 aromatic heterocycles. The van der Waals surface area contributed by atoms with E-state index in [1.807, 2.05) is 12.1 Å². The van der Waals surface area contributed by atoms with Gasteiger partial charge < -0.3 is 15.2 Å². The van der Waals surface area contributed by atoms with Crippen LogP contribution in [-0.4, -0.2) is 49.1 Å². The maximum absolute atomic E-state index is 12.2. The van der Waals surface area contributed by atoms with Gasteiger partial charge in [0, 0.05) is 49.5 Å². The normalized spacial score (nSPS) is 10.6. The predicted octanol–water partition coefficient (Wildman–Crippen LogP) is 1.55. The Morgan fingerprint density at radius 1 is 1.11 bits per heavy atom. The Balaban J connectivity index is 1.25. The van der Waals surface area contributed by atoms with Crippen molar-refractivity contribution in [2.45, 2.75) is 0 Å². The van der Waals surface area contributed by atoms with Gasteiger partial charge in [-0.2, -0.15) is 5.10 Å². The van der Waals surface area contributed by atoms with Crippen LogP contribution in [0.2, 0.25) is 0 Å². The lowest BCUT2D eigenvalue weighted by Gasteiger charge is -2.06. The van der Waals surface area contributed by atoms with E-state index >= 15 is 0 Å². The highest BCUT2D eigenvalue weighted by atomic mass is 16.5. The van der Waals surface area contributed by atoms with Gasteiger partial charge in [0.25, 0.3) is 5.91 Å². The number of nitrogens with zero attached hydrogens (tertiary/aromatic N) is 6. The number of aromatic nitrogens is 6. The maximum atomic E-state index is 12.2. The Labute approximate surface area is 159 Å². The minimum Gasteiger partial charge on any atom is -0.367 e.